The summed E-state index contributed by atoms with van der Waals surface area (Å²) in [5.41, 5.74) is 1.48. The van der Waals surface area contributed by atoms with Gasteiger partial charge in [-0.1, -0.05) is 24.0 Å². The van der Waals surface area contributed by atoms with E-state index in [2.05, 4.69) is 11.8 Å². The van der Waals surface area contributed by atoms with E-state index in [0.29, 0.717) is 0 Å². The van der Waals surface area contributed by atoms with Crippen LogP contribution in [0.5, 0.6) is 0 Å². The molecule has 2 aliphatic rings. The molecule has 1 N–H and O–H groups in total. The van der Waals surface area contributed by atoms with E-state index in [1.54, 1.807) is 0 Å². The van der Waals surface area contributed by atoms with Crippen molar-refractivity contribution in [2.75, 3.05) is 6.61 Å². The largest absolute Gasteiger partial charge is 0.392 e. The van der Waals surface area contributed by atoms with Crippen molar-refractivity contribution in [3.05, 3.63) is 35.4 Å². The highest BCUT2D eigenvalue weighted by Gasteiger charge is 2.36. The molecule has 1 saturated heterocycles. The minimum atomic E-state index is -0.350. The summed E-state index contributed by atoms with van der Waals surface area (Å²) in [7, 11) is 0. The molecule has 0 aromatic heterocycles. The summed E-state index contributed by atoms with van der Waals surface area (Å²) in [5, 5.41) is 9.22. The van der Waals surface area contributed by atoms with Gasteiger partial charge in [0.1, 0.15) is 5.60 Å². The van der Waals surface area contributed by atoms with Crippen LogP contribution in [-0.2, 0) is 16.1 Å². The minimum absolute atomic E-state index is 0.0487. The fourth-order valence-corrected chi connectivity index (χ4v) is 3.21. The molecule has 22 heavy (non-hydrogen) atoms. The normalized spacial score (nSPS) is 23.8. The predicted octanol–water partition coefficient (Wildman–Crippen LogP) is 3.39. The molecule has 1 aromatic carbocycles. The summed E-state index contributed by atoms with van der Waals surface area (Å²) in [6.45, 7) is 0.847. The van der Waals surface area contributed by atoms with Crippen LogP contribution in [0.2, 0.25) is 0 Å². The van der Waals surface area contributed by atoms with Crippen LogP contribution in [-0.4, -0.2) is 23.6 Å². The molecule has 118 valence electrons. The maximum Gasteiger partial charge on any atom is 0.159 e. The lowest BCUT2D eigenvalue weighted by Crippen LogP contribution is -2.35. The molecule has 1 aromatic rings. The van der Waals surface area contributed by atoms with Gasteiger partial charge in [0.2, 0.25) is 0 Å². The Balaban J connectivity index is 1.74. The third kappa shape index (κ3) is 3.89. The SMILES string of the molecule is OCc1cccc(C#CC2(OC3CCCCO3)CCCC2)c1. The molecule has 1 saturated carbocycles. The fraction of sp³-hybridized carbons (Fsp3) is 0.579. The zero-order chi connectivity index (χ0) is 15.3. The second-order valence-electron chi connectivity index (χ2n) is 6.22. The quantitative estimate of drug-likeness (QED) is 0.870. The Bertz CT molecular complexity index is 543. The molecular weight excluding hydrogens is 276 g/mol. The monoisotopic (exact) mass is 300 g/mol. The van der Waals surface area contributed by atoms with E-state index in [1.165, 1.54) is 6.42 Å². The van der Waals surface area contributed by atoms with Gasteiger partial charge in [0, 0.05) is 12.2 Å². The van der Waals surface area contributed by atoms with Crippen molar-refractivity contribution in [3.8, 4) is 11.8 Å². The van der Waals surface area contributed by atoms with Crippen LogP contribution in [0.1, 0.15) is 56.1 Å². The lowest BCUT2D eigenvalue weighted by atomic mass is 10.0. The first kappa shape index (κ1) is 15.6. The Labute approximate surface area is 132 Å². The first-order valence-corrected chi connectivity index (χ1v) is 8.32. The van der Waals surface area contributed by atoms with Crippen molar-refractivity contribution in [1.29, 1.82) is 0 Å². The lowest BCUT2D eigenvalue weighted by molar-refractivity contribution is -0.206. The highest BCUT2D eigenvalue weighted by Crippen LogP contribution is 2.35. The number of ether oxygens (including phenoxy) is 2. The van der Waals surface area contributed by atoms with Crippen LogP contribution in [0.3, 0.4) is 0 Å². The van der Waals surface area contributed by atoms with E-state index >= 15 is 0 Å². The number of aliphatic hydroxyl groups is 1. The van der Waals surface area contributed by atoms with Crippen molar-refractivity contribution in [2.45, 2.75) is 63.4 Å². The van der Waals surface area contributed by atoms with Gasteiger partial charge in [-0.25, -0.2) is 0 Å². The zero-order valence-corrected chi connectivity index (χ0v) is 13.0. The molecule has 0 radical (unpaired) electrons. The summed E-state index contributed by atoms with van der Waals surface area (Å²) >= 11 is 0. The molecule has 0 bridgehead atoms. The van der Waals surface area contributed by atoms with E-state index in [4.69, 9.17) is 9.47 Å². The molecule has 3 rings (SSSR count). The number of benzene rings is 1. The van der Waals surface area contributed by atoms with Crippen LogP contribution >= 0.6 is 0 Å². The Morgan fingerprint density at radius 1 is 1.23 bits per heavy atom. The van der Waals surface area contributed by atoms with Crippen molar-refractivity contribution in [3.63, 3.8) is 0 Å². The average Bonchev–Trinajstić information content (AvgIpc) is 3.03. The van der Waals surface area contributed by atoms with Gasteiger partial charge < -0.3 is 14.6 Å². The van der Waals surface area contributed by atoms with Crippen molar-refractivity contribution < 1.29 is 14.6 Å². The van der Waals surface area contributed by atoms with E-state index in [0.717, 1.165) is 56.3 Å². The standard InChI is InChI=1S/C19H24O3/c20-15-17-7-5-6-16(14-17)9-12-19(10-2-3-11-19)22-18-8-1-4-13-21-18/h5-7,14,18,20H,1-4,8,10-11,13,15H2. The zero-order valence-electron chi connectivity index (χ0n) is 13.0. The van der Waals surface area contributed by atoms with Gasteiger partial charge in [0.15, 0.2) is 6.29 Å². The number of rotatable bonds is 3. The average molecular weight is 300 g/mol. The molecule has 1 aliphatic carbocycles. The predicted molar refractivity (Wildman–Crippen MR) is 85.1 cm³/mol. The first-order chi connectivity index (χ1) is 10.8. The molecule has 0 amide bonds. The van der Waals surface area contributed by atoms with Crippen molar-refractivity contribution >= 4 is 0 Å². The number of hydrogen-bond acceptors (Lipinski definition) is 3. The number of aliphatic hydroxyl groups excluding tert-OH is 1. The molecule has 0 spiro atoms. The Kier molecular flexibility index (Phi) is 5.15. The summed E-state index contributed by atoms with van der Waals surface area (Å²) in [4.78, 5) is 0. The second-order valence-corrected chi connectivity index (χ2v) is 6.22. The maximum atomic E-state index is 9.22. The summed E-state index contributed by atoms with van der Waals surface area (Å²) in [6, 6.07) is 7.75. The molecule has 2 fully saturated rings. The van der Waals surface area contributed by atoms with E-state index in [-0.39, 0.29) is 18.5 Å². The topological polar surface area (TPSA) is 38.7 Å². The van der Waals surface area contributed by atoms with Crippen molar-refractivity contribution in [2.24, 2.45) is 0 Å². The first-order valence-electron chi connectivity index (χ1n) is 8.32. The molecular formula is C19H24O3. The van der Waals surface area contributed by atoms with Crippen molar-refractivity contribution in [1.82, 2.24) is 0 Å². The van der Waals surface area contributed by atoms with Crippen LogP contribution < -0.4 is 0 Å². The minimum Gasteiger partial charge on any atom is -0.392 e. The van der Waals surface area contributed by atoms with Gasteiger partial charge in [0.05, 0.1) is 6.61 Å². The molecule has 3 heteroatoms. The fourth-order valence-electron chi connectivity index (χ4n) is 3.21. The molecule has 1 aliphatic heterocycles. The number of hydrogen-bond donors (Lipinski definition) is 1. The Morgan fingerprint density at radius 3 is 2.82 bits per heavy atom. The van der Waals surface area contributed by atoms with Gasteiger partial charge in [-0.05, 0) is 62.6 Å². The van der Waals surface area contributed by atoms with Gasteiger partial charge in [-0.2, -0.15) is 0 Å². The van der Waals surface area contributed by atoms with Crippen LogP contribution in [0.4, 0.5) is 0 Å². The maximum absolute atomic E-state index is 9.22. The van der Waals surface area contributed by atoms with Crippen LogP contribution in [0.25, 0.3) is 0 Å². The summed E-state index contributed by atoms with van der Waals surface area (Å²) in [5.74, 6) is 6.63. The second kappa shape index (κ2) is 7.28. The Hall–Kier alpha value is -1.34. The highest BCUT2D eigenvalue weighted by molar-refractivity contribution is 5.39. The smallest absolute Gasteiger partial charge is 0.159 e. The van der Waals surface area contributed by atoms with E-state index in [9.17, 15) is 5.11 Å². The molecule has 1 unspecified atom stereocenters. The summed E-state index contributed by atoms with van der Waals surface area (Å²) < 4.78 is 12.0. The third-order valence-corrected chi connectivity index (χ3v) is 4.45. The van der Waals surface area contributed by atoms with Gasteiger partial charge in [-0.3, -0.25) is 0 Å². The van der Waals surface area contributed by atoms with Gasteiger partial charge >= 0.3 is 0 Å². The van der Waals surface area contributed by atoms with E-state index in [1.807, 2.05) is 24.3 Å². The third-order valence-electron chi connectivity index (χ3n) is 4.45. The van der Waals surface area contributed by atoms with Gasteiger partial charge in [0.25, 0.3) is 0 Å². The van der Waals surface area contributed by atoms with Crippen LogP contribution in [0, 0.1) is 11.8 Å². The van der Waals surface area contributed by atoms with Crippen LogP contribution in [0.15, 0.2) is 24.3 Å². The molecule has 1 atom stereocenters. The molecule has 3 nitrogen and oxygen atoms in total. The van der Waals surface area contributed by atoms with Gasteiger partial charge in [-0.15, -0.1) is 0 Å². The Morgan fingerprint density at radius 2 is 2.09 bits per heavy atom. The molecule has 1 heterocycles. The van der Waals surface area contributed by atoms with E-state index < -0.39 is 0 Å². The highest BCUT2D eigenvalue weighted by atomic mass is 16.7. The lowest BCUT2D eigenvalue weighted by Gasteiger charge is -2.31. The summed E-state index contributed by atoms with van der Waals surface area (Å²) in [6.07, 6.45) is 7.49.